The molecule has 0 aromatic carbocycles. The van der Waals surface area contributed by atoms with Gasteiger partial charge in [0.25, 0.3) is 0 Å². The van der Waals surface area contributed by atoms with E-state index in [-0.39, 0.29) is 18.1 Å². The molecule has 0 aliphatic heterocycles. The summed E-state index contributed by atoms with van der Waals surface area (Å²) < 4.78 is 9.94. The van der Waals surface area contributed by atoms with Crippen molar-refractivity contribution >= 4 is 5.97 Å². The molecule has 0 radical (unpaired) electrons. The molecular weight excluding hydrogens is 206 g/mol. The quantitative estimate of drug-likeness (QED) is 0.485. The van der Waals surface area contributed by atoms with Crippen molar-refractivity contribution in [3.8, 4) is 0 Å². The Balaban J connectivity index is 3.49. The summed E-state index contributed by atoms with van der Waals surface area (Å²) in [6.07, 6.45) is 2.17. The Hall–Kier alpha value is -0.610. The van der Waals surface area contributed by atoms with Crippen LogP contribution in [0.15, 0.2) is 0 Å². The van der Waals surface area contributed by atoms with Gasteiger partial charge in [0.1, 0.15) is 6.61 Å². The Morgan fingerprint density at radius 2 is 1.88 bits per heavy atom. The zero-order chi connectivity index (χ0) is 12.4. The summed E-state index contributed by atoms with van der Waals surface area (Å²) >= 11 is 0. The lowest BCUT2D eigenvalue weighted by Crippen LogP contribution is -2.42. The van der Waals surface area contributed by atoms with Gasteiger partial charge in [0.05, 0.1) is 13.2 Å². The molecule has 96 valence electrons. The Labute approximate surface area is 98.7 Å². The van der Waals surface area contributed by atoms with E-state index in [2.05, 4.69) is 26.1 Å². The molecular formula is C12H25NO3. The summed E-state index contributed by atoms with van der Waals surface area (Å²) in [7, 11) is 0. The lowest BCUT2D eigenvalue weighted by Gasteiger charge is -2.28. The number of ether oxygens (including phenoxy) is 2. The summed E-state index contributed by atoms with van der Waals surface area (Å²) in [5, 5.41) is 3.42. The van der Waals surface area contributed by atoms with Gasteiger partial charge in [0.15, 0.2) is 0 Å². The number of esters is 1. The fourth-order valence-electron chi connectivity index (χ4n) is 1.28. The molecule has 0 aromatic heterocycles. The average molecular weight is 231 g/mol. The highest BCUT2D eigenvalue weighted by atomic mass is 16.6. The normalized spacial score (nSPS) is 11.5. The highest BCUT2D eigenvalue weighted by Crippen LogP contribution is 2.12. The van der Waals surface area contributed by atoms with Crippen LogP contribution in [0.1, 0.15) is 40.5 Å². The van der Waals surface area contributed by atoms with Gasteiger partial charge in [0, 0.05) is 12.1 Å². The first-order chi connectivity index (χ1) is 7.58. The summed E-state index contributed by atoms with van der Waals surface area (Å²) in [5.74, 6) is -0.295. The molecule has 16 heavy (non-hydrogen) atoms. The van der Waals surface area contributed by atoms with Crippen molar-refractivity contribution in [2.24, 2.45) is 0 Å². The van der Waals surface area contributed by atoms with Gasteiger partial charge < -0.3 is 14.8 Å². The van der Waals surface area contributed by atoms with Crippen molar-refractivity contribution in [1.29, 1.82) is 0 Å². The molecule has 4 heteroatoms. The standard InChI is InChI=1S/C12H25NO3/c1-5-12(4,6-2)13-8-9-15-10-11(14)16-7-3/h13H,5-10H2,1-4H3. The van der Waals surface area contributed by atoms with E-state index in [1.54, 1.807) is 6.92 Å². The highest BCUT2D eigenvalue weighted by Gasteiger charge is 2.17. The predicted molar refractivity (Wildman–Crippen MR) is 64.4 cm³/mol. The van der Waals surface area contributed by atoms with E-state index in [0.29, 0.717) is 13.2 Å². The van der Waals surface area contributed by atoms with E-state index in [0.717, 1.165) is 19.4 Å². The molecule has 0 fully saturated rings. The Morgan fingerprint density at radius 1 is 1.25 bits per heavy atom. The second-order valence-corrected chi connectivity index (χ2v) is 4.05. The van der Waals surface area contributed by atoms with E-state index in [9.17, 15) is 4.79 Å². The van der Waals surface area contributed by atoms with Gasteiger partial charge in [-0.1, -0.05) is 13.8 Å². The van der Waals surface area contributed by atoms with Crippen molar-refractivity contribution in [1.82, 2.24) is 5.32 Å². The van der Waals surface area contributed by atoms with Crippen LogP contribution >= 0.6 is 0 Å². The lowest BCUT2D eigenvalue weighted by molar-refractivity contribution is -0.148. The van der Waals surface area contributed by atoms with Crippen LogP contribution in [0.2, 0.25) is 0 Å². The zero-order valence-corrected chi connectivity index (χ0v) is 11.0. The topological polar surface area (TPSA) is 47.6 Å². The Morgan fingerprint density at radius 3 is 2.38 bits per heavy atom. The average Bonchev–Trinajstić information content (AvgIpc) is 2.28. The molecule has 0 heterocycles. The molecule has 0 bridgehead atoms. The third kappa shape index (κ3) is 6.80. The van der Waals surface area contributed by atoms with Crippen molar-refractivity contribution in [3.05, 3.63) is 0 Å². The van der Waals surface area contributed by atoms with Gasteiger partial charge in [-0.3, -0.25) is 0 Å². The molecule has 0 atom stereocenters. The number of carbonyl (C=O) groups is 1. The maximum atomic E-state index is 10.9. The van der Waals surface area contributed by atoms with Crippen LogP contribution in [-0.4, -0.2) is 37.9 Å². The molecule has 0 unspecified atom stereocenters. The highest BCUT2D eigenvalue weighted by molar-refractivity contribution is 5.70. The van der Waals surface area contributed by atoms with Crippen molar-refractivity contribution in [2.75, 3.05) is 26.4 Å². The van der Waals surface area contributed by atoms with E-state index in [1.807, 2.05) is 0 Å². The molecule has 0 saturated carbocycles. The summed E-state index contributed by atoms with van der Waals surface area (Å²) in [6, 6.07) is 0. The van der Waals surface area contributed by atoms with E-state index in [1.165, 1.54) is 0 Å². The number of hydrogen-bond acceptors (Lipinski definition) is 4. The zero-order valence-electron chi connectivity index (χ0n) is 11.0. The summed E-state index contributed by atoms with van der Waals surface area (Å²) in [4.78, 5) is 10.9. The Kier molecular flexibility index (Phi) is 8.21. The lowest BCUT2D eigenvalue weighted by atomic mass is 9.96. The number of nitrogens with one attached hydrogen (secondary N) is 1. The van der Waals surface area contributed by atoms with Gasteiger partial charge in [-0.25, -0.2) is 4.79 Å². The largest absolute Gasteiger partial charge is 0.464 e. The van der Waals surface area contributed by atoms with Gasteiger partial charge in [-0.15, -0.1) is 0 Å². The van der Waals surface area contributed by atoms with Crippen molar-refractivity contribution < 1.29 is 14.3 Å². The van der Waals surface area contributed by atoms with E-state index >= 15 is 0 Å². The van der Waals surface area contributed by atoms with Crippen LogP contribution in [0.25, 0.3) is 0 Å². The van der Waals surface area contributed by atoms with Crippen LogP contribution in [0.3, 0.4) is 0 Å². The smallest absolute Gasteiger partial charge is 0.332 e. The van der Waals surface area contributed by atoms with Gasteiger partial charge in [-0.05, 0) is 26.7 Å². The monoisotopic (exact) mass is 231 g/mol. The Bertz CT molecular complexity index is 191. The molecule has 0 rings (SSSR count). The number of carbonyl (C=O) groups excluding carboxylic acids is 1. The third-order valence-electron chi connectivity index (χ3n) is 2.88. The molecule has 0 amide bonds. The maximum absolute atomic E-state index is 10.9. The molecule has 0 aromatic rings. The summed E-state index contributed by atoms with van der Waals surface area (Å²) in [6.45, 7) is 10.1. The summed E-state index contributed by atoms with van der Waals surface area (Å²) in [5.41, 5.74) is 0.174. The second kappa shape index (κ2) is 8.53. The number of hydrogen-bond donors (Lipinski definition) is 1. The minimum Gasteiger partial charge on any atom is -0.464 e. The van der Waals surface area contributed by atoms with E-state index < -0.39 is 0 Å². The molecule has 0 aliphatic carbocycles. The molecule has 1 N–H and O–H groups in total. The third-order valence-corrected chi connectivity index (χ3v) is 2.88. The minimum absolute atomic E-state index is 0.0461. The van der Waals surface area contributed by atoms with Crippen LogP contribution in [0.5, 0.6) is 0 Å². The molecule has 0 saturated heterocycles. The van der Waals surface area contributed by atoms with Crippen molar-refractivity contribution in [3.63, 3.8) is 0 Å². The number of rotatable bonds is 9. The van der Waals surface area contributed by atoms with Gasteiger partial charge >= 0.3 is 5.97 Å². The fourth-order valence-corrected chi connectivity index (χ4v) is 1.28. The predicted octanol–water partition coefficient (Wildman–Crippen LogP) is 1.73. The molecule has 0 aliphatic rings. The SMILES string of the molecule is CCOC(=O)COCCNC(C)(CC)CC. The van der Waals surface area contributed by atoms with Gasteiger partial charge in [-0.2, -0.15) is 0 Å². The maximum Gasteiger partial charge on any atom is 0.332 e. The first-order valence-corrected chi connectivity index (χ1v) is 6.06. The van der Waals surface area contributed by atoms with E-state index in [4.69, 9.17) is 9.47 Å². The van der Waals surface area contributed by atoms with Crippen LogP contribution in [-0.2, 0) is 14.3 Å². The van der Waals surface area contributed by atoms with Crippen LogP contribution in [0, 0.1) is 0 Å². The second-order valence-electron chi connectivity index (χ2n) is 4.05. The van der Waals surface area contributed by atoms with Crippen LogP contribution < -0.4 is 5.32 Å². The first-order valence-electron chi connectivity index (χ1n) is 6.06. The molecule has 4 nitrogen and oxygen atoms in total. The van der Waals surface area contributed by atoms with Crippen molar-refractivity contribution in [2.45, 2.75) is 46.1 Å². The first kappa shape index (κ1) is 15.4. The molecule has 0 spiro atoms. The van der Waals surface area contributed by atoms with Crippen LogP contribution in [0.4, 0.5) is 0 Å². The fraction of sp³-hybridized carbons (Fsp3) is 0.917. The van der Waals surface area contributed by atoms with Gasteiger partial charge in [0.2, 0.25) is 0 Å². The minimum atomic E-state index is -0.295.